The Balaban J connectivity index is 2.58. The number of hydrogen-bond donors (Lipinski definition) is 1. The molecule has 0 bridgehead atoms. The summed E-state index contributed by atoms with van der Waals surface area (Å²) < 4.78 is 0. The summed E-state index contributed by atoms with van der Waals surface area (Å²) in [5.74, 6) is 1.37. The summed E-state index contributed by atoms with van der Waals surface area (Å²) in [6, 6.07) is 10.0. The van der Waals surface area contributed by atoms with Gasteiger partial charge in [0.1, 0.15) is 0 Å². The molecule has 0 aromatic heterocycles. The summed E-state index contributed by atoms with van der Waals surface area (Å²) in [6.45, 7) is 13.6. The average Bonchev–Trinajstić information content (AvgIpc) is 2.27. The van der Waals surface area contributed by atoms with Gasteiger partial charge in [0.25, 0.3) is 0 Å². The van der Waals surface area contributed by atoms with Gasteiger partial charge in [0, 0.05) is 12.1 Å². The van der Waals surface area contributed by atoms with Crippen LogP contribution in [-0.4, -0.2) is 6.04 Å². The number of hydrogen-bond acceptors (Lipinski definition) is 1. The van der Waals surface area contributed by atoms with Crippen LogP contribution in [0.4, 0.5) is 0 Å². The summed E-state index contributed by atoms with van der Waals surface area (Å²) in [5.41, 5.74) is 2.80. The lowest BCUT2D eigenvalue weighted by atomic mass is 9.98. The lowest BCUT2D eigenvalue weighted by Crippen LogP contribution is -2.30. The molecule has 0 heterocycles. The standard InChI is InChI=1S/C17H29N/c1-12(2)11-14(5)18-15(6)17-9-7-16(8-10-17)13(3)4/h7-10,12-15,18H,11H2,1-6H3. The van der Waals surface area contributed by atoms with Crippen molar-refractivity contribution in [1.82, 2.24) is 5.32 Å². The molecule has 0 spiro atoms. The van der Waals surface area contributed by atoms with E-state index in [1.807, 2.05) is 0 Å². The van der Waals surface area contributed by atoms with E-state index in [1.54, 1.807) is 0 Å². The molecule has 1 nitrogen and oxygen atoms in total. The average molecular weight is 247 g/mol. The largest absolute Gasteiger partial charge is 0.308 e. The van der Waals surface area contributed by atoms with Crippen molar-refractivity contribution in [3.8, 4) is 0 Å². The Morgan fingerprint density at radius 2 is 1.33 bits per heavy atom. The highest BCUT2D eigenvalue weighted by atomic mass is 14.9. The van der Waals surface area contributed by atoms with Crippen LogP contribution in [0.3, 0.4) is 0 Å². The summed E-state index contributed by atoms with van der Waals surface area (Å²) in [6.07, 6.45) is 1.23. The Hall–Kier alpha value is -0.820. The smallest absolute Gasteiger partial charge is 0.0294 e. The fourth-order valence-corrected chi connectivity index (χ4v) is 2.47. The molecule has 18 heavy (non-hydrogen) atoms. The van der Waals surface area contributed by atoms with Crippen LogP contribution in [0.2, 0.25) is 0 Å². The molecule has 0 radical (unpaired) electrons. The molecule has 1 aromatic rings. The van der Waals surface area contributed by atoms with Crippen LogP contribution < -0.4 is 5.32 Å². The summed E-state index contributed by atoms with van der Waals surface area (Å²) in [4.78, 5) is 0. The van der Waals surface area contributed by atoms with Gasteiger partial charge in [0.2, 0.25) is 0 Å². The molecule has 0 aliphatic heterocycles. The minimum atomic E-state index is 0.431. The lowest BCUT2D eigenvalue weighted by Gasteiger charge is -2.22. The van der Waals surface area contributed by atoms with Crippen molar-refractivity contribution in [2.75, 3.05) is 0 Å². The molecule has 0 saturated carbocycles. The van der Waals surface area contributed by atoms with Gasteiger partial charge in [-0.25, -0.2) is 0 Å². The van der Waals surface area contributed by atoms with E-state index in [1.165, 1.54) is 17.5 Å². The first-order chi connectivity index (χ1) is 8.40. The Morgan fingerprint density at radius 1 is 0.833 bits per heavy atom. The molecule has 1 rings (SSSR count). The normalized spacial score (nSPS) is 15.1. The van der Waals surface area contributed by atoms with E-state index in [9.17, 15) is 0 Å². The second-order valence-corrected chi connectivity index (χ2v) is 6.24. The maximum atomic E-state index is 3.68. The highest BCUT2D eigenvalue weighted by molar-refractivity contribution is 5.26. The van der Waals surface area contributed by atoms with Crippen molar-refractivity contribution in [2.45, 2.75) is 66.0 Å². The number of nitrogens with one attached hydrogen (secondary N) is 1. The van der Waals surface area contributed by atoms with E-state index in [-0.39, 0.29) is 0 Å². The van der Waals surface area contributed by atoms with Crippen molar-refractivity contribution in [2.24, 2.45) is 5.92 Å². The Morgan fingerprint density at radius 3 is 1.78 bits per heavy atom. The Kier molecular flexibility index (Phi) is 5.87. The monoisotopic (exact) mass is 247 g/mol. The first-order valence-electron chi connectivity index (χ1n) is 7.26. The molecule has 0 amide bonds. The van der Waals surface area contributed by atoms with E-state index in [4.69, 9.17) is 0 Å². The third kappa shape index (κ3) is 4.81. The van der Waals surface area contributed by atoms with Crippen molar-refractivity contribution < 1.29 is 0 Å². The molecule has 2 unspecified atom stereocenters. The SMILES string of the molecule is CC(C)CC(C)NC(C)c1ccc(C(C)C)cc1. The predicted molar refractivity (Wildman–Crippen MR) is 81.0 cm³/mol. The van der Waals surface area contributed by atoms with E-state index in [2.05, 4.69) is 71.1 Å². The number of benzene rings is 1. The highest BCUT2D eigenvalue weighted by Crippen LogP contribution is 2.19. The molecule has 0 aliphatic carbocycles. The molecular weight excluding hydrogens is 218 g/mol. The second kappa shape index (κ2) is 6.94. The van der Waals surface area contributed by atoms with Gasteiger partial charge in [-0.05, 0) is 43.2 Å². The van der Waals surface area contributed by atoms with Gasteiger partial charge < -0.3 is 5.32 Å². The van der Waals surface area contributed by atoms with Gasteiger partial charge in [-0.2, -0.15) is 0 Å². The molecule has 2 atom stereocenters. The zero-order valence-corrected chi connectivity index (χ0v) is 12.8. The highest BCUT2D eigenvalue weighted by Gasteiger charge is 2.11. The van der Waals surface area contributed by atoms with Crippen LogP contribution in [0.5, 0.6) is 0 Å². The summed E-state index contributed by atoms with van der Waals surface area (Å²) in [7, 11) is 0. The van der Waals surface area contributed by atoms with Crippen LogP contribution in [0, 0.1) is 5.92 Å². The van der Waals surface area contributed by atoms with Gasteiger partial charge in [-0.3, -0.25) is 0 Å². The predicted octanol–water partition coefficient (Wildman–Crippen LogP) is 4.90. The van der Waals surface area contributed by atoms with Crippen molar-refractivity contribution >= 4 is 0 Å². The second-order valence-electron chi connectivity index (χ2n) is 6.24. The van der Waals surface area contributed by atoms with Gasteiger partial charge in [0.05, 0.1) is 0 Å². The van der Waals surface area contributed by atoms with Crippen LogP contribution >= 0.6 is 0 Å². The van der Waals surface area contributed by atoms with E-state index in [0.717, 1.165) is 5.92 Å². The quantitative estimate of drug-likeness (QED) is 0.754. The molecule has 0 aliphatic rings. The van der Waals surface area contributed by atoms with Gasteiger partial charge >= 0.3 is 0 Å². The fraction of sp³-hybridized carbons (Fsp3) is 0.647. The molecular formula is C17H29N. The first kappa shape index (κ1) is 15.2. The van der Waals surface area contributed by atoms with Crippen LogP contribution in [-0.2, 0) is 0 Å². The molecule has 0 fully saturated rings. The van der Waals surface area contributed by atoms with Crippen molar-refractivity contribution in [1.29, 1.82) is 0 Å². The van der Waals surface area contributed by atoms with E-state index in [0.29, 0.717) is 18.0 Å². The topological polar surface area (TPSA) is 12.0 Å². The molecule has 1 aromatic carbocycles. The molecule has 1 N–H and O–H groups in total. The maximum Gasteiger partial charge on any atom is 0.0294 e. The van der Waals surface area contributed by atoms with E-state index >= 15 is 0 Å². The van der Waals surface area contributed by atoms with Gasteiger partial charge in [0.15, 0.2) is 0 Å². The summed E-state index contributed by atoms with van der Waals surface area (Å²) >= 11 is 0. The zero-order valence-electron chi connectivity index (χ0n) is 12.8. The van der Waals surface area contributed by atoms with Crippen LogP contribution in [0.1, 0.15) is 71.0 Å². The Bertz CT molecular complexity index is 337. The summed E-state index contributed by atoms with van der Waals surface area (Å²) in [5, 5.41) is 3.68. The maximum absolute atomic E-state index is 3.68. The number of rotatable bonds is 6. The first-order valence-corrected chi connectivity index (χ1v) is 7.26. The van der Waals surface area contributed by atoms with E-state index < -0.39 is 0 Å². The Labute approximate surface area is 113 Å². The van der Waals surface area contributed by atoms with Gasteiger partial charge in [-0.1, -0.05) is 52.0 Å². The minimum absolute atomic E-state index is 0.431. The third-order valence-electron chi connectivity index (χ3n) is 3.46. The van der Waals surface area contributed by atoms with Crippen LogP contribution in [0.25, 0.3) is 0 Å². The lowest BCUT2D eigenvalue weighted by molar-refractivity contribution is 0.407. The van der Waals surface area contributed by atoms with Crippen LogP contribution in [0.15, 0.2) is 24.3 Å². The zero-order chi connectivity index (χ0) is 13.7. The molecule has 0 saturated heterocycles. The molecule has 102 valence electrons. The fourth-order valence-electron chi connectivity index (χ4n) is 2.47. The van der Waals surface area contributed by atoms with Gasteiger partial charge in [-0.15, -0.1) is 0 Å². The minimum Gasteiger partial charge on any atom is -0.308 e. The third-order valence-corrected chi connectivity index (χ3v) is 3.46. The van der Waals surface area contributed by atoms with Crippen molar-refractivity contribution in [3.05, 3.63) is 35.4 Å². The molecule has 1 heteroatoms. The van der Waals surface area contributed by atoms with Crippen molar-refractivity contribution in [3.63, 3.8) is 0 Å².